The molecule has 0 aromatic carbocycles. The largest absolute Gasteiger partial charge is 0.466 e. The summed E-state index contributed by atoms with van der Waals surface area (Å²) in [4.78, 5) is 25.1. The first-order chi connectivity index (χ1) is 43.2. The number of aliphatic hydroxyl groups is 5. The predicted molar refractivity (Wildman–Crippen MR) is 370 cm³/mol. The Bertz CT molecular complexity index is 1600. The standard InChI is InChI=1S/C77H143NO10/c1-3-5-7-9-11-13-15-45-49-53-57-61-65-73(82)86-66-62-58-54-50-46-42-40-38-36-34-32-30-28-26-24-22-20-18-16-17-19-21-23-25-27-29-31-33-35-37-39-41-44-48-52-56-60-64-72(81)78-69(68-87-77-76(85)75(84)74(83)71(67-79)88-77)70(80)63-59-55-51-47-43-14-12-10-8-6-4-2/h16,18,22,24,43,47,59,63,69-71,74-77,79-80,83-85H,3-15,17,19-21,23,25-42,44-46,48-58,60-62,64-68H2,1-2H3,(H,78,81)/b18-16-,24-22-,47-43+,63-59+. The fourth-order valence-corrected chi connectivity index (χ4v) is 12.0. The summed E-state index contributed by atoms with van der Waals surface area (Å²) in [5.74, 6) is -0.176. The van der Waals surface area contributed by atoms with Crippen LogP contribution in [0, 0.1) is 0 Å². The second kappa shape index (κ2) is 66.1. The normalized spacial score (nSPS) is 18.0. The van der Waals surface area contributed by atoms with Crippen LogP contribution in [0.4, 0.5) is 0 Å². The highest BCUT2D eigenvalue weighted by Gasteiger charge is 2.44. The highest BCUT2D eigenvalue weighted by molar-refractivity contribution is 5.76. The Kier molecular flexibility index (Phi) is 62.8. The molecule has 1 fully saturated rings. The van der Waals surface area contributed by atoms with Gasteiger partial charge in [0.05, 0.1) is 32.0 Å². The minimum atomic E-state index is -1.58. The molecule has 516 valence electrons. The van der Waals surface area contributed by atoms with Crippen molar-refractivity contribution in [1.29, 1.82) is 0 Å². The lowest BCUT2D eigenvalue weighted by molar-refractivity contribution is -0.302. The van der Waals surface area contributed by atoms with Gasteiger partial charge in [0.1, 0.15) is 24.4 Å². The molecule has 88 heavy (non-hydrogen) atoms. The number of carbonyl (C=O) groups is 2. The fraction of sp³-hybridized carbons (Fsp3) is 0.870. The summed E-state index contributed by atoms with van der Waals surface area (Å²) in [6.07, 6.45) is 77.1. The van der Waals surface area contributed by atoms with E-state index in [0.717, 1.165) is 57.8 Å². The van der Waals surface area contributed by atoms with Crippen LogP contribution in [0.2, 0.25) is 0 Å². The highest BCUT2D eigenvalue weighted by atomic mass is 16.7. The van der Waals surface area contributed by atoms with Crippen LogP contribution in [-0.4, -0.2) is 100 Å². The van der Waals surface area contributed by atoms with Crippen molar-refractivity contribution < 1.29 is 49.3 Å². The molecule has 1 amide bonds. The molecule has 1 saturated heterocycles. The van der Waals surface area contributed by atoms with E-state index >= 15 is 0 Å². The molecule has 7 unspecified atom stereocenters. The number of aliphatic hydroxyl groups excluding tert-OH is 5. The summed E-state index contributed by atoms with van der Waals surface area (Å²) < 4.78 is 16.7. The highest BCUT2D eigenvalue weighted by Crippen LogP contribution is 2.23. The van der Waals surface area contributed by atoms with E-state index in [2.05, 4.69) is 55.6 Å². The maximum atomic E-state index is 13.0. The fourth-order valence-electron chi connectivity index (χ4n) is 12.0. The lowest BCUT2D eigenvalue weighted by atomic mass is 9.99. The average Bonchev–Trinajstić information content (AvgIpc) is 2.02. The number of ether oxygens (including phenoxy) is 3. The Morgan fingerprint density at radius 1 is 0.420 bits per heavy atom. The maximum Gasteiger partial charge on any atom is 0.305 e. The van der Waals surface area contributed by atoms with E-state index in [9.17, 15) is 35.1 Å². The number of allylic oxidation sites excluding steroid dienone is 7. The van der Waals surface area contributed by atoms with Crippen LogP contribution in [0.3, 0.4) is 0 Å². The van der Waals surface area contributed by atoms with Crippen molar-refractivity contribution in [3.05, 3.63) is 48.6 Å². The van der Waals surface area contributed by atoms with E-state index in [-0.39, 0.29) is 18.5 Å². The Balaban J connectivity index is 1.91. The van der Waals surface area contributed by atoms with Crippen molar-refractivity contribution in [1.82, 2.24) is 5.32 Å². The molecule has 0 aromatic heterocycles. The molecule has 0 saturated carbocycles. The van der Waals surface area contributed by atoms with Gasteiger partial charge in [-0.2, -0.15) is 0 Å². The van der Waals surface area contributed by atoms with Gasteiger partial charge in [-0.05, 0) is 77.0 Å². The SMILES string of the molecule is CCCCCCC/C=C/CC/C=C/C(O)C(COC1OC(CO)C(O)C(O)C1O)NC(=O)CCCCCCCCCCCCCCCCCCC/C=C\C/C=C\CCCCCCCCCCCCCCCOC(=O)CCCCCCCCCCCCCC. The van der Waals surface area contributed by atoms with Crippen molar-refractivity contribution in [2.75, 3.05) is 19.8 Å². The van der Waals surface area contributed by atoms with Gasteiger partial charge in [0.25, 0.3) is 0 Å². The molecule has 0 spiro atoms. The van der Waals surface area contributed by atoms with Gasteiger partial charge >= 0.3 is 5.97 Å². The van der Waals surface area contributed by atoms with E-state index in [4.69, 9.17) is 14.2 Å². The Hall–Kier alpha value is -2.38. The zero-order valence-corrected chi connectivity index (χ0v) is 57.4. The van der Waals surface area contributed by atoms with E-state index in [0.29, 0.717) is 19.4 Å². The van der Waals surface area contributed by atoms with Gasteiger partial charge < -0.3 is 45.1 Å². The van der Waals surface area contributed by atoms with Gasteiger partial charge in [0, 0.05) is 12.8 Å². The summed E-state index contributed by atoms with van der Waals surface area (Å²) >= 11 is 0. The molecule has 0 bridgehead atoms. The van der Waals surface area contributed by atoms with Crippen LogP contribution in [-0.2, 0) is 23.8 Å². The molecule has 0 aliphatic carbocycles. The molecule has 1 heterocycles. The van der Waals surface area contributed by atoms with E-state index in [1.807, 2.05) is 6.08 Å². The zero-order valence-electron chi connectivity index (χ0n) is 57.4. The zero-order chi connectivity index (χ0) is 63.7. The van der Waals surface area contributed by atoms with Crippen molar-refractivity contribution >= 4 is 11.9 Å². The summed E-state index contributed by atoms with van der Waals surface area (Å²) in [6, 6.07) is -0.825. The van der Waals surface area contributed by atoms with Crippen LogP contribution in [0.15, 0.2) is 48.6 Å². The molecule has 1 aliphatic heterocycles. The third-order valence-corrected chi connectivity index (χ3v) is 17.9. The van der Waals surface area contributed by atoms with Gasteiger partial charge in [-0.25, -0.2) is 0 Å². The average molecular weight is 1240 g/mol. The number of hydrogen-bond donors (Lipinski definition) is 6. The van der Waals surface area contributed by atoms with Gasteiger partial charge in [-0.3, -0.25) is 9.59 Å². The molecular formula is C77H143NO10. The molecule has 0 radical (unpaired) electrons. The number of carbonyl (C=O) groups excluding carboxylic acids is 2. The Labute approximate surface area is 542 Å². The molecule has 1 aliphatic rings. The van der Waals surface area contributed by atoms with Crippen molar-refractivity contribution in [2.24, 2.45) is 0 Å². The van der Waals surface area contributed by atoms with Gasteiger partial charge in [-0.1, -0.05) is 326 Å². The predicted octanol–water partition coefficient (Wildman–Crippen LogP) is 19.9. The monoisotopic (exact) mass is 1240 g/mol. The maximum absolute atomic E-state index is 13.0. The summed E-state index contributed by atoms with van der Waals surface area (Å²) in [5, 5.41) is 54.4. The van der Waals surface area contributed by atoms with E-state index in [1.54, 1.807) is 6.08 Å². The second-order valence-corrected chi connectivity index (χ2v) is 26.3. The third kappa shape index (κ3) is 54.2. The van der Waals surface area contributed by atoms with Crippen molar-refractivity contribution in [2.45, 2.75) is 410 Å². The summed E-state index contributed by atoms with van der Waals surface area (Å²) in [5.41, 5.74) is 0. The lowest BCUT2D eigenvalue weighted by Gasteiger charge is -2.40. The topological polar surface area (TPSA) is 175 Å². The molecule has 11 nitrogen and oxygen atoms in total. The van der Waals surface area contributed by atoms with Crippen molar-refractivity contribution in [3.8, 4) is 0 Å². The molecule has 7 atom stereocenters. The summed E-state index contributed by atoms with van der Waals surface area (Å²) in [6.45, 7) is 4.34. The van der Waals surface area contributed by atoms with Gasteiger partial charge in [-0.15, -0.1) is 0 Å². The Morgan fingerprint density at radius 2 is 0.773 bits per heavy atom. The minimum absolute atomic E-state index is 0.0133. The second-order valence-electron chi connectivity index (χ2n) is 26.3. The molecule has 1 rings (SSSR count). The number of esters is 1. The molecule has 6 N–H and O–H groups in total. The first kappa shape index (κ1) is 83.6. The van der Waals surface area contributed by atoms with Gasteiger partial charge in [0.2, 0.25) is 5.91 Å². The molecule has 0 aromatic rings. The Morgan fingerprint density at radius 3 is 1.19 bits per heavy atom. The van der Waals surface area contributed by atoms with Gasteiger partial charge in [0.15, 0.2) is 6.29 Å². The number of unbranched alkanes of at least 4 members (excludes halogenated alkanes) is 47. The van der Waals surface area contributed by atoms with Crippen LogP contribution in [0.25, 0.3) is 0 Å². The molecule has 11 heteroatoms. The lowest BCUT2D eigenvalue weighted by Crippen LogP contribution is -2.60. The third-order valence-electron chi connectivity index (χ3n) is 17.9. The van der Waals surface area contributed by atoms with E-state index in [1.165, 1.54) is 283 Å². The smallest absolute Gasteiger partial charge is 0.305 e. The number of amides is 1. The van der Waals surface area contributed by atoms with Crippen LogP contribution < -0.4 is 5.32 Å². The van der Waals surface area contributed by atoms with Crippen molar-refractivity contribution in [3.63, 3.8) is 0 Å². The van der Waals surface area contributed by atoms with Crippen LogP contribution in [0.5, 0.6) is 0 Å². The van der Waals surface area contributed by atoms with E-state index < -0.39 is 49.5 Å². The number of nitrogens with one attached hydrogen (secondary N) is 1. The number of hydrogen-bond acceptors (Lipinski definition) is 10. The minimum Gasteiger partial charge on any atom is -0.466 e. The number of rotatable bonds is 67. The first-order valence-electron chi connectivity index (χ1n) is 37.9. The summed E-state index contributed by atoms with van der Waals surface area (Å²) in [7, 11) is 0. The van der Waals surface area contributed by atoms with Crippen LogP contribution >= 0.6 is 0 Å². The quantitative estimate of drug-likeness (QED) is 0.0195. The molecular weight excluding hydrogens is 1100 g/mol. The first-order valence-corrected chi connectivity index (χ1v) is 37.9. The van der Waals surface area contributed by atoms with Crippen LogP contribution in [0.1, 0.15) is 367 Å².